The molecule has 0 radical (unpaired) electrons. The molecule has 1 heterocycles. The van der Waals surface area contributed by atoms with Gasteiger partial charge in [0.15, 0.2) is 5.78 Å². The normalized spacial score (nSPS) is 11.3. The maximum absolute atomic E-state index is 13.1. The Bertz CT molecular complexity index is 1330. The molecule has 3 aromatic carbocycles. The number of hydrogen-bond donors (Lipinski definition) is 1. The topological polar surface area (TPSA) is 80.8 Å². The van der Waals surface area contributed by atoms with Crippen molar-refractivity contribution in [3.8, 4) is 5.75 Å². The molecule has 4 aromatic rings. The average Bonchev–Trinajstić information content (AvgIpc) is 2.98. The molecule has 194 valence electrons. The first-order valence-electron chi connectivity index (χ1n) is 12.4. The third-order valence-corrected chi connectivity index (χ3v) is 6.12. The summed E-state index contributed by atoms with van der Waals surface area (Å²) in [5, 5.41) is 3.24. The monoisotopic (exact) mass is 509 g/mol. The molecule has 0 aliphatic carbocycles. The summed E-state index contributed by atoms with van der Waals surface area (Å²) in [6.07, 6.45) is 2.14. The van der Waals surface area contributed by atoms with E-state index in [4.69, 9.17) is 9.47 Å². The second kappa shape index (κ2) is 13.1. The molecule has 1 atom stereocenters. The summed E-state index contributed by atoms with van der Waals surface area (Å²) in [5.74, 6) is 1.10. The lowest BCUT2D eigenvalue weighted by Crippen LogP contribution is -2.33. The molecule has 7 nitrogen and oxygen atoms in total. The van der Waals surface area contributed by atoms with Crippen LogP contribution in [0.2, 0.25) is 0 Å². The maximum atomic E-state index is 13.1. The predicted octanol–water partition coefficient (Wildman–Crippen LogP) is 5.02. The summed E-state index contributed by atoms with van der Waals surface area (Å²) in [4.78, 5) is 32.1. The number of aromatic nitrogens is 1. The smallest absolute Gasteiger partial charge is 0.328 e. The number of likely N-dealkylation sites (N-methyl/N-ethyl adjacent to an activating group) is 1. The molecule has 38 heavy (non-hydrogen) atoms. The number of ether oxygens (including phenoxy) is 2. The number of nitrogens with zero attached hydrogens (tertiary/aromatic N) is 2. The van der Waals surface area contributed by atoms with Crippen molar-refractivity contribution < 1.29 is 19.1 Å². The molecule has 1 unspecified atom stereocenters. The molecule has 0 bridgehead atoms. The van der Waals surface area contributed by atoms with Gasteiger partial charge >= 0.3 is 5.97 Å². The first-order valence-corrected chi connectivity index (χ1v) is 12.4. The van der Waals surface area contributed by atoms with Crippen LogP contribution < -0.4 is 15.0 Å². The number of pyridine rings is 1. The second-order valence-electron chi connectivity index (χ2n) is 8.77. The molecule has 4 rings (SSSR count). The van der Waals surface area contributed by atoms with Gasteiger partial charge in [0.1, 0.15) is 24.2 Å². The zero-order valence-corrected chi connectivity index (χ0v) is 21.5. The van der Waals surface area contributed by atoms with E-state index in [1.165, 1.54) is 7.11 Å². The van der Waals surface area contributed by atoms with Crippen LogP contribution in [0, 0.1) is 0 Å². The van der Waals surface area contributed by atoms with E-state index in [9.17, 15) is 9.59 Å². The van der Waals surface area contributed by atoms with Gasteiger partial charge in [0.25, 0.3) is 0 Å². The van der Waals surface area contributed by atoms with Crippen molar-refractivity contribution in [1.29, 1.82) is 0 Å². The molecular formula is C31H31N3O4. The standard InChI is InChI=1S/C31H31N3O4/c1-34(29-14-8-9-19-32-29)20-21-38-25-17-15-23(16-18-25)22-28(31(36)37-2)33-27-13-7-6-12-26(27)30(35)24-10-4-3-5-11-24/h3-19,28,33H,20-22H2,1-2H3. The Hall–Kier alpha value is -4.65. The van der Waals surface area contributed by atoms with E-state index in [2.05, 4.69) is 10.3 Å². The van der Waals surface area contributed by atoms with Gasteiger partial charge < -0.3 is 19.7 Å². The number of carbonyl (C=O) groups excluding carboxylic acids is 2. The minimum Gasteiger partial charge on any atom is -0.492 e. The number of methoxy groups -OCH3 is 1. The molecule has 0 aliphatic rings. The van der Waals surface area contributed by atoms with Crippen molar-refractivity contribution in [2.45, 2.75) is 12.5 Å². The van der Waals surface area contributed by atoms with E-state index in [-0.39, 0.29) is 5.78 Å². The fourth-order valence-corrected chi connectivity index (χ4v) is 4.03. The Kier molecular flexibility index (Phi) is 9.07. The Labute approximate surface area is 223 Å². The van der Waals surface area contributed by atoms with E-state index in [1.54, 1.807) is 36.5 Å². The highest BCUT2D eigenvalue weighted by Crippen LogP contribution is 2.22. The summed E-state index contributed by atoms with van der Waals surface area (Å²) in [5.41, 5.74) is 2.58. The number of nitrogens with one attached hydrogen (secondary N) is 1. The number of rotatable bonds is 12. The van der Waals surface area contributed by atoms with Crippen LogP contribution in [-0.4, -0.2) is 50.1 Å². The van der Waals surface area contributed by atoms with Gasteiger partial charge in [-0.2, -0.15) is 0 Å². The highest BCUT2D eigenvalue weighted by molar-refractivity contribution is 6.12. The van der Waals surface area contributed by atoms with Crippen LogP contribution in [-0.2, 0) is 16.0 Å². The highest BCUT2D eigenvalue weighted by Gasteiger charge is 2.22. The van der Waals surface area contributed by atoms with Gasteiger partial charge in [-0.3, -0.25) is 4.79 Å². The van der Waals surface area contributed by atoms with E-state index >= 15 is 0 Å². The molecule has 7 heteroatoms. The van der Waals surface area contributed by atoms with E-state index in [1.807, 2.05) is 78.7 Å². The maximum Gasteiger partial charge on any atom is 0.328 e. The summed E-state index contributed by atoms with van der Waals surface area (Å²) < 4.78 is 10.9. The first-order chi connectivity index (χ1) is 18.5. The number of ketones is 1. The average molecular weight is 510 g/mol. The minimum absolute atomic E-state index is 0.118. The van der Waals surface area contributed by atoms with Crippen molar-refractivity contribution in [2.24, 2.45) is 0 Å². The zero-order valence-electron chi connectivity index (χ0n) is 21.5. The van der Waals surface area contributed by atoms with Crippen LogP contribution in [0.3, 0.4) is 0 Å². The van der Waals surface area contributed by atoms with Crippen LogP contribution in [0.25, 0.3) is 0 Å². The Morgan fingerprint density at radius 1 is 0.895 bits per heavy atom. The van der Waals surface area contributed by atoms with Crippen molar-refractivity contribution >= 4 is 23.3 Å². The first kappa shape index (κ1) is 26.4. The van der Waals surface area contributed by atoms with Gasteiger partial charge in [-0.1, -0.05) is 60.7 Å². The SMILES string of the molecule is COC(=O)C(Cc1ccc(OCCN(C)c2ccccn2)cc1)Nc1ccccc1C(=O)c1ccccc1. The van der Waals surface area contributed by atoms with Crippen molar-refractivity contribution in [3.05, 3.63) is 120 Å². The zero-order chi connectivity index (χ0) is 26.7. The van der Waals surface area contributed by atoms with Crippen molar-refractivity contribution in [3.63, 3.8) is 0 Å². The third kappa shape index (κ3) is 6.97. The van der Waals surface area contributed by atoms with E-state index in [0.717, 1.165) is 17.1 Å². The summed E-state index contributed by atoms with van der Waals surface area (Å²) in [7, 11) is 3.33. The van der Waals surface area contributed by atoms with Gasteiger partial charge in [-0.05, 0) is 42.0 Å². The van der Waals surface area contributed by atoms with E-state index < -0.39 is 12.0 Å². The Morgan fingerprint density at radius 3 is 2.32 bits per heavy atom. The number of esters is 1. The lowest BCUT2D eigenvalue weighted by molar-refractivity contribution is -0.141. The molecule has 0 amide bonds. The van der Waals surface area contributed by atoms with Crippen molar-refractivity contribution in [1.82, 2.24) is 4.98 Å². The molecule has 0 fully saturated rings. The van der Waals surface area contributed by atoms with Crippen LogP contribution in [0.4, 0.5) is 11.5 Å². The summed E-state index contributed by atoms with van der Waals surface area (Å²) >= 11 is 0. The fourth-order valence-electron chi connectivity index (χ4n) is 4.03. The predicted molar refractivity (Wildman–Crippen MR) is 149 cm³/mol. The molecule has 0 saturated heterocycles. The van der Waals surface area contributed by atoms with Gasteiger partial charge in [0, 0.05) is 36.5 Å². The van der Waals surface area contributed by atoms with Crippen molar-refractivity contribution in [2.75, 3.05) is 37.5 Å². The van der Waals surface area contributed by atoms with E-state index in [0.29, 0.717) is 36.4 Å². The van der Waals surface area contributed by atoms with Gasteiger partial charge in [0.2, 0.25) is 0 Å². The van der Waals surface area contributed by atoms with Gasteiger partial charge in [-0.15, -0.1) is 0 Å². The molecule has 1 aromatic heterocycles. The number of para-hydroxylation sites is 1. The Balaban J connectivity index is 1.40. The Morgan fingerprint density at radius 2 is 1.61 bits per heavy atom. The highest BCUT2D eigenvalue weighted by atomic mass is 16.5. The van der Waals surface area contributed by atoms with Gasteiger partial charge in [0.05, 0.1) is 13.7 Å². The quantitative estimate of drug-likeness (QED) is 0.212. The molecule has 0 aliphatic heterocycles. The summed E-state index contributed by atoms with van der Waals surface area (Å²) in [6.45, 7) is 1.19. The fraction of sp³-hybridized carbons (Fsp3) is 0.194. The lowest BCUT2D eigenvalue weighted by Gasteiger charge is -2.20. The van der Waals surface area contributed by atoms with Crippen LogP contribution in [0.1, 0.15) is 21.5 Å². The largest absolute Gasteiger partial charge is 0.492 e. The number of benzene rings is 3. The van der Waals surface area contributed by atoms with Crippen LogP contribution in [0.15, 0.2) is 103 Å². The van der Waals surface area contributed by atoms with Gasteiger partial charge in [-0.25, -0.2) is 9.78 Å². The summed E-state index contributed by atoms with van der Waals surface area (Å²) in [6, 6.07) is 29.0. The molecular weight excluding hydrogens is 478 g/mol. The third-order valence-electron chi connectivity index (χ3n) is 6.12. The number of anilines is 2. The van der Waals surface area contributed by atoms with Crippen LogP contribution >= 0.6 is 0 Å². The molecule has 1 N–H and O–H groups in total. The van der Waals surface area contributed by atoms with Crippen LogP contribution in [0.5, 0.6) is 5.75 Å². The number of hydrogen-bond acceptors (Lipinski definition) is 7. The molecule has 0 spiro atoms. The second-order valence-corrected chi connectivity index (χ2v) is 8.77. The lowest BCUT2D eigenvalue weighted by atomic mass is 10.00. The number of carbonyl (C=O) groups is 2. The minimum atomic E-state index is -0.677. The molecule has 0 saturated carbocycles.